The number of alkyl halides is 3. The van der Waals surface area contributed by atoms with Gasteiger partial charge in [0.15, 0.2) is 5.69 Å². The Labute approximate surface area is 148 Å². The van der Waals surface area contributed by atoms with E-state index in [1.807, 2.05) is 30.3 Å². The van der Waals surface area contributed by atoms with E-state index in [9.17, 15) is 13.2 Å². The molecule has 0 atom stereocenters. The van der Waals surface area contributed by atoms with Crippen LogP contribution in [-0.4, -0.2) is 27.5 Å². The third kappa shape index (κ3) is 2.94. The highest BCUT2D eigenvalue weighted by molar-refractivity contribution is 5.92. The summed E-state index contributed by atoms with van der Waals surface area (Å²) in [6.07, 6.45) is 0.203. The lowest BCUT2D eigenvalue weighted by molar-refractivity contribution is -0.141. The number of aromatic nitrogens is 3. The van der Waals surface area contributed by atoms with E-state index in [-0.39, 0.29) is 0 Å². The number of allylic oxidation sites excluding steroid dienone is 1. The van der Waals surface area contributed by atoms with E-state index < -0.39 is 11.9 Å². The van der Waals surface area contributed by atoms with Crippen molar-refractivity contribution in [3.63, 3.8) is 0 Å². The summed E-state index contributed by atoms with van der Waals surface area (Å²) in [5, 5.41) is 4.65. The monoisotopic (exact) mass is 358 g/mol. The zero-order valence-corrected chi connectivity index (χ0v) is 14.1. The fourth-order valence-electron chi connectivity index (χ4n) is 3.20. The summed E-state index contributed by atoms with van der Waals surface area (Å²) < 4.78 is 40.4. The Morgan fingerprint density at radius 3 is 2.73 bits per heavy atom. The molecule has 4 rings (SSSR count). The molecule has 7 heteroatoms. The first-order valence-electron chi connectivity index (χ1n) is 8.43. The van der Waals surface area contributed by atoms with Gasteiger partial charge in [-0.2, -0.15) is 18.3 Å². The summed E-state index contributed by atoms with van der Waals surface area (Å²) in [4.78, 5) is 7.55. The molecule has 0 spiro atoms. The molecular weight excluding hydrogens is 341 g/mol. The third-order valence-corrected chi connectivity index (χ3v) is 4.52. The topological polar surface area (TPSA) is 46.0 Å². The van der Waals surface area contributed by atoms with Crippen molar-refractivity contribution in [2.75, 3.05) is 6.54 Å². The standard InChI is InChI=1S/C19H17F3N4/c1-2-26-17(11-18(25-26)19(20,21)22)13-3-4-15-14(9-13)10-16(24-15)12-5-7-23-8-6-12/h3-5,7,9-11,24H,2,6,8H2,1H3. The van der Waals surface area contributed by atoms with Gasteiger partial charge in [0.1, 0.15) is 0 Å². The average Bonchev–Trinajstić information content (AvgIpc) is 3.25. The highest BCUT2D eigenvalue weighted by atomic mass is 19.4. The second-order valence-electron chi connectivity index (χ2n) is 6.21. The predicted molar refractivity (Wildman–Crippen MR) is 96.1 cm³/mol. The molecular formula is C19H17F3N4. The van der Waals surface area contributed by atoms with Gasteiger partial charge in [0.2, 0.25) is 0 Å². The van der Waals surface area contributed by atoms with Crippen LogP contribution in [-0.2, 0) is 12.7 Å². The zero-order valence-electron chi connectivity index (χ0n) is 14.1. The van der Waals surface area contributed by atoms with Gasteiger partial charge >= 0.3 is 6.18 Å². The van der Waals surface area contributed by atoms with Gasteiger partial charge in [-0.25, -0.2) is 0 Å². The number of halogens is 3. The number of rotatable bonds is 3. The van der Waals surface area contributed by atoms with Crippen LogP contribution >= 0.6 is 0 Å². The van der Waals surface area contributed by atoms with Crippen molar-refractivity contribution in [1.82, 2.24) is 14.8 Å². The van der Waals surface area contributed by atoms with Crippen LogP contribution in [0.25, 0.3) is 27.7 Å². The molecule has 134 valence electrons. The Balaban J connectivity index is 1.77. The number of hydrogen-bond acceptors (Lipinski definition) is 2. The second kappa shape index (κ2) is 6.16. The van der Waals surface area contributed by atoms with Gasteiger partial charge in [-0.15, -0.1) is 0 Å². The van der Waals surface area contributed by atoms with Crippen LogP contribution < -0.4 is 0 Å². The number of dihydropyridines is 1. The van der Waals surface area contributed by atoms with E-state index in [1.54, 1.807) is 13.1 Å². The number of H-pyrrole nitrogens is 1. The van der Waals surface area contributed by atoms with Crippen LogP contribution in [0.4, 0.5) is 13.2 Å². The minimum atomic E-state index is -4.45. The molecule has 1 aliphatic heterocycles. The average molecular weight is 358 g/mol. The number of aliphatic imine (C=N–C) groups is 1. The van der Waals surface area contributed by atoms with Crippen molar-refractivity contribution in [2.45, 2.75) is 26.1 Å². The third-order valence-electron chi connectivity index (χ3n) is 4.52. The van der Waals surface area contributed by atoms with Crippen LogP contribution in [0.3, 0.4) is 0 Å². The molecule has 0 aliphatic carbocycles. The maximum absolute atomic E-state index is 13.0. The molecule has 4 nitrogen and oxygen atoms in total. The van der Waals surface area contributed by atoms with Crippen molar-refractivity contribution in [1.29, 1.82) is 0 Å². The van der Waals surface area contributed by atoms with Crippen LogP contribution in [0, 0.1) is 0 Å². The van der Waals surface area contributed by atoms with Gasteiger partial charge in [-0.1, -0.05) is 6.07 Å². The molecule has 0 radical (unpaired) electrons. The maximum atomic E-state index is 13.0. The number of nitrogens with zero attached hydrogens (tertiary/aromatic N) is 3. The van der Waals surface area contributed by atoms with Gasteiger partial charge < -0.3 is 4.98 Å². The number of nitrogens with one attached hydrogen (secondary N) is 1. The number of benzene rings is 1. The fourth-order valence-corrected chi connectivity index (χ4v) is 3.20. The van der Waals surface area contributed by atoms with Gasteiger partial charge in [0.05, 0.1) is 5.69 Å². The number of aryl methyl sites for hydroxylation is 1. The Hall–Kier alpha value is -2.83. The van der Waals surface area contributed by atoms with Crippen molar-refractivity contribution in [3.05, 3.63) is 47.8 Å². The maximum Gasteiger partial charge on any atom is 0.435 e. The van der Waals surface area contributed by atoms with E-state index in [0.29, 0.717) is 17.8 Å². The van der Waals surface area contributed by atoms with Gasteiger partial charge in [0.25, 0.3) is 0 Å². The summed E-state index contributed by atoms with van der Waals surface area (Å²) in [5.41, 5.74) is 3.46. The molecule has 3 heterocycles. The van der Waals surface area contributed by atoms with Crippen molar-refractivity contribution < 1.29 is 13.2 Å². The first-order valence-corrected chi connectivity index (χ1v) is 8.43. The summed E-state index contributed by atoms with van der Waals surface area (Å²) in [6.45, 7) is 2.91. The lowest BCUT2D eigenvalue weighted by atomic mass is 10.1. The molecule has 1 N–H and O–H groups in total. The molecule has 0 amide bonds. The summed E-state index contributed by atoms with van der Waals surface area (Å²) in [7, 11) is 0. The van der Waals surface area contributed by atoms with Gasteiger partial charge in [-0.05, 0) is 49.3 Å². The number of fused-ring (bicyclic) bond motifs is 1. The molecule has 1 aromatic carbocycles. The Kier molecular flexibility index (Phi) is 3.94. The summed E-state index contributed by atoms with van der Waals surface area (Å²) >= 11 is 0. The predicted octanol–water partition coefficient (Wildman–Crippen LogP) is 4.93. The quantitative estimate of drug-likeness (QED) is 0.709. The Morgan fingerprint density at radius 1 is 1.19 bits per heavy atom. The molecule has 26 heavy (non-hydrogen) atoms. The largest absolute Gasteiger partial charge is 0.435 e. The zero-order chi connectivity index (χ0) is 18.3. The highest BCUT2D eigenvalue weighted by Crippen LogP contribution is 2.33. The Bertz CT molecular complexity index is 1020. The van der Waals surface area contributed by atoms with Crippen LogP contribution in [0.2, 0.25) is 0 Å². The minimum absolute atomic E-state index is 0.369. The van der Waals surface area contributed by atoms with E-state index >= 15 is 0 Å². The molecule has 0 unspecified atom stereocenters. The molecule has 0 saturated carbocycles. The molecule has 0 fully saturated rings. The fraction of sp³-hybridized carbons (Fsp3) is 0.263. The molecule has 3 aromatic rings. The molecule has 1 aliphatic rings. The summed E-state index contributed by atoms with van der Waals surface area (Å²) in [6, 6.07) is 8.75. The van der Waals surface area contributed by atoms with Crippen molar-refractivity contribution >= 4 is 22.7 Å². The number of aromatic amines is 1. The van der Waals surface area contributed by atoms with Crippen LogP contribution in [0.5, 0.6) is 0 Å². The van der Waals surface area contributed by atoms with Crippen molar-refractivity contribution in [2.24, 2.45) is 4.99 Å². The van der Waals surface area contributed by atoms with E-state index in [4.69, 9.17) is 0 Å². The SMILES string of the molecule is CCn1nc(C(F)(F)F)cc1-c1ccc2[nH]c(C3=CC=NCC3)cc2c1. The van der Waals surface area contributed by atoms with Crippen LogP contribution in [0.15, 0.2) is 41.4 Å². The van der Waals surface area contributed by atoms with Gasteiger partial charge in [0, 0.05) is 41.5 Å². The first-order chi connectivity index (χ1) is 12.5. The lowest BCUT2D eigenvalue weighted by Crippen LogP contribution is -2.07. The van der Waals surface area contributed by atoms with Crippen molar-refractivity contribution in [3.8, 4) is 11.3 Å². The van der Waals surface area contributed by atoms with E-state index in [0.717, 1.165) is 35.6 Å². The van der Waals surface area contributed by atoms with E-state index in [1.165, 1.54) is 10.3 Å². The second-order valence-corrected chi connectivity index (χ2v) is 6.21. The smallest absolute Gasteiger partial charge is 0.355 e. The highest BCUT2D eigenvalue weighted by Gasteiger charge is 2.35. The minimum Gasteiger partial charge on any atom is -0.355 e. The van der Waals surface area contributed by atoms with Gasteiger partial charge in [-0.3, -0.25) is 9.67 Å². The molecule has 0 saturated heterocycles. The summed E-state index contributed by atoms with van der Waals surface area (Å²) in [5.74, 6) is 0. The van der Waals surface area contributed by atoms with Crippen LogP contribution in [0.1, 0.15) is 24.7 Å². The lowest BCUT2D eigenvalue weighted by Gasteiger charge is -2.05. The Morgan fingerprint density at radius 2 is 2.04 bits per heavy atom. The normalized spacial score (nSPS) is 14.8. The number of hydrogen-bond donors (Lipinski definition) is 1. The first kappa shape index (κ1) is 16.6. The molecule has 0 bridgehead atoms. The van der Waals surface area contributed by atoms with E-state index in [2.05, 4.69) is 15.1 Å². The molecule has 2 aromatic heterocycles.